The van der Waals surface area contributed by atoms with Crippen LogP contribution in [0.1, 0.15) is 13.3 Å². The molecule has 1 aromatic rings. The van der Waals surface area contributed by atoms with Gasteiger partial charge in [-0.25, -0.2) is 17.5 Å². The Bertz CT molecular complexity index is 519. The lowest BCUT2D eigenvalue weighted by molar-refractivity contribution is 0.327. The summed E-state index contributed by atoms with van der Waals surface area (Å²) in [6.07, 6.45) is 0.907. The molecule has 1 aromatic carbocycles. The SMILES string of the molecule is C[C@@H]1CCNC[C@H]1NS(=O)(=O)c1ccccc1F. The lowest BCUT2D eigenvalue weighted by atomic mass is 9.96. The summed E-state index contributed by atoms with van der Waals surface area (Å²) in [5.41, 5.74) is 0. The van der Waals surface area contributed by atoms with Crippen LogP contribution in [0.5, 0.6) is 0 Å². The van der Waals surface area contributed by atoms with E-state index in [-0.39, 0.29) is 16.9 Å². The number of nitrogens with one attached hydrogen (secondary N) is 2. The van der Waals surface area contributed by atoms with Gasteiger partial charge in [0, 0.05) is 12.6 Å². The molecule has 1 aliphatic rings. The molecule has 2 atom stereocenters. The fourth-order valence-corrected chi connectivity index (χ4v) is 3.50. The van der Waals surface area contributed by atoms with Gasteiger partial charge in [-0.2, -0.15) is 0 Å². The maximum atomic E-state index is 13.5. The molecule has 6 heteroatoms. The van der Waals surface area contributed by atoms with Crippen LogP contribution in [0.2, 0.25) is 0 Å². The second kappa shape index (κ2) is 5.34. The molecule has 0 saturated carbocycles. The van der Waals surface area contributed by atoms with Crippen molar-refractivity contribution in [3.8, 4) is 0 Å². The molecule has 1 saturated heterocycles. The highest BCUT2D eigenvalue weighted by Crippen LogP contribution is 2.17. The van der Waals surface area contributed by atoms with Crippen molar-refractivity contribution in [1.82, 2.24) is 10.0 Å². The van der Waals surface area contributed by atoms with E-state index in [9.17, 15) is 12.8 Å². The first-order valence-electron chi connectivity index (χ1n) is 5.98. The van der Waals surface area contributed by atoms with Crippen molar-refractivity contribution in [1.29, 1.82) is 0 Å². The average molecular weight is 272 g/mol. The van der Waals surface area contributed by atoms with Gasteiger partial charge in [0.2, 0.25) is 10.0 Å². The first-order valence-corrected chi connectivity index (χ1v) is 7.46. The molecule has 4 nitrogen and oxygen atoms in total. The molecule has 0 amide bonds. The largest absolute Gasteiger partial charge is 0.315 e. The standard InChI is InChI=1S/C12H17FN2O2S/c1-9-6-7-14-8-11(9)15-18(16,17)12-5-3-2-4-10(12)13/h2-5,9,11,14-15H,6-8H2,1H3/t9-,11-/m1/s1. The van der Waals surface area contributed by atoms with Crippen LogP contribution >= 0.6 is 0 Å². The van der Waals surface area contributed by atoms with Crippen molar-refractivity contribution in [3.63, 3.8) is 0 Å². The van der Waals surface area contributed by atoms with Crippen molar-refractivity contribution in [2.24, 2.45) is 5.92 Å². The van der Waals surface area contributed by atoms with E-state index in [0.29, 0.717) is 6.54 Å². The molecule has 2 N–H and O–H groups in total. The van der Waals surface area contributed by atoms with E-state index in [1.54, 1.807) is 0 Å². The van der Waals surface area contributed by atoms with E-state index in [1.165, 1.54) is 18.2 Å². The Morgan fingerprint density at radius 3 is 2.78 bits per heavy atom. The van der Waals surface area contributed by atoms with Gasteiger partial charge < -0.3 is 5.32 Å². The van der Waals surface area contributed by atoms with Gasteiger partial charge in [0.25, 0.3) is 0 Å². The molecule has 0 radical (unpaired) electrons. The number of rotatable bonds is 3. The molecule has 0 bridgehead atoms. The normalized spacial score (nSPS) is 25.0. The summed E-state index contributed by atoms with van der Waals surface area (Å²) in [7, 11) is -3.79. The van der Waals surface area contributed by atoms with Crippen molar-refractivity contribution in [2.45, 2.75) is 24.3 Å². The highest BCUT2D eigenvalue weighted by molar-refractivity contribution is 7.89. The van der Waals surface area contributed by atoms with Gasteiger partial charge in [0.15, 0.2) is 0 Å². The summed E-state index contributed by atoms with van der Waals surface area (Å²) in [6, 6.07) is 5.22. The Labute approximate surface area is 107 Å². The van der Waals surface area contributed by atoms with E-state index >= 15 is 0 Å². The second-order valence-corrected chi connectivity index (χ2v) is 6.31. The van der Waals surface area contributed by atoms with Gasteiger partial charge in [-0.1, -0.05) is 19.1 Å². The molecule has 18 heavy (non-hydrogen) atoms. The highest BCUT2D eigenvalue weighted by Gasteiger charge is 2.27. The van der Waals surface area contributed by atoms with Crippen LogP contribution in [0.4, 0.5) is 4.39 Å². The van der Waals surface area contributed by atoms with E-state index in [1.807, 2.05) is 6.92 Å². The zero-order valence-electron chi connectivity index (χ0n) is 10.2. The smallest absolute Gasteiger partial charge is 0.243 e. The minimum absolute atomic E-state index is 0.191. The molecule has 0 aliphatic carbocycles. The summed E-state index contributed by atoms with van der Waals surface area (Å²) in [5.74, 6) is -0.478. The second-order valence-electron chi connectivity index (χ2n) is 4.63. The number of hydrogen-bond donors (Lipinski definition) is 2. The summed E-state index contributed by atoms with van der Waals surface area (Å²) in [6.45, 7) is 3.46. The number of hydrogen-bond acceptors (Lipinski definition) is 3. The van der Waals surface area contributed by atoms with Crippen LogP contribution in [0.3, 0.4) is 0 Å². The van der Waals surface area contributed by atoms with Crippen LogP contribution in [-0.2, 0) is 10.0 Å². The fourth-order valence-electron chi connectivity index (χ4n) is 2.07. The zero-order valence-corrected chi connectivity index (χ0v) is 11.0. The molecule has 2 rings (SSSR count). The van der Waals surface area contributed by atoms with Crippen molar-refractivity contribution >= 4 is 10.0 Å². The molecule has 0 unspecified atom stereocenters. The quantitative estimate of drug-likeness (QED) is 0.866. The van der Waals surface area contributed by atoms with Crippen molar-refractivity contribution in [3.05, 3.63) is 30.1 Å². The van der Waals surface area contributed by atoms with Gasteiger partial charge in [-0.15, -0.1) is 0 Å². The Balaban J connectivity index is 2.19. The van der Waals surface area contributed by atoms with E-state index in [4.69, 9.17) is 0 Å². The summed E-state index contributed by atoms with van der Waals surface area (Å²) in [4.78, 5) is -0.289. The first kappa shape index (κ1) is 13.5. The minimum Gasteiger partial charge on any atom is -0.315 e. The lowest BCUT2D eigenvalue weighted by Gasteiger charge is -2.29. The van der Waals surface area contributed by atoms with Crippen LogP contribution in [0.25, 0.3) is 0 Å². The molecular weight excluding hydrogens is 255 g/mol. The number of piperidine rings is 1. The summed E-state index contributed by atoms with van der Waals surface area (Å²) < 4.78 is 40.2. The predicted octanol–water partition coefficient (Wildman–Crippen LogP) is 1.10. The monoisotopic (exact) mass is 272 g/mol. The number of benzene rings is 1. The Morgan fingerprint density at radius 2 is 2.11 bits per heavy atom. The fraction of sp³-hybridized carbons (Fsp3) is 0.500. The van der Waals surface area contributed by atoms with Gasteiger partial charge in [-0.05, 0) is 31.0 Å². The van der Waals surface area contributed by atoms with Crippen LogP contribution in [0.15, 0.2) is 29.2 Å². The molecular formula is C12H17FN2O2S. The van der Waals surface area contributed by atoms with E-state index in [0.717, 1.165) is 19.0 Å². The molecule has 1 aliphatic heterocycles. The third-order valence-electron chi connectivity index (χ3n) is 3.26. The van der Waals surface area contributed by atoms with Crippen LogP contribution < -0.4 is 10.0 Å². The third-order valence-corrected chi connectivity index (χ3v) is 4.78. The Kier molecular flexibility index (Phi) is 3.99. The molecule has 1 fully saturated rings. The highest BCUT2D eigenvalue weighted by atomic mass is 32.2. The third kappa shape index (κ3) is 2.88. The maximum Gasteiger partial charge on any atom is 0.243 e. The van der Waals surface area contributed by atoms with Gasteiger partial charge in [0.05, 0.1) is 0 Å². The molecule has 0 aromatic heterocycles. The van der Waals surface area contributed by atoms with E-state index < -0.39 is 15.8 Å². The molecule has 1 heterocycles. The topological polar surface area (TPSA) is 58.2 Å². The molecule has 100 valence electrons. The average Bonchev–Trinajstić information content (AvgIpc) is 2.32. The van der Waals surface area contributed by atoms with Gasteiger partial charge in [0.1, 0.15) is 10.7 Å². The van der Waals surface area contributed by atoms with E-state index in [2.05, 4.69) is 10.0 Å². The summed E-state index contributed by atoms with van der Waals surface area (Å²) in [5, 5.41) is 3.13. The maximum absolute atomic E-state index is 13.5. The predicted molar refractivity (Wildman–Crippen MR) is 67.2 cm³/mol. The van der Waals surface area contributed by atoms with Crippen molar-refractivity contribution in [2.75, 3.05) is 13.1 Å². The van der Waals surface area contributed by atoms with Crippen LogP contribution in [0, 0.1) is 11.7 Å². The van der Waals surface area contributed by atoms with Crippen LogP contribution in [-0.4, -0.2) is 27.5 Å². The Hall–Kier alpha value is -0.980. The Morgan fingerprint density at radius 1 is 1.39 bits per heavy atom. The first-order chi connectivity index (χ1) is 8.50. The number of halogens is 1. The van der Waals surface area contributed by atoms with Gasteiger partial charge in [-0.3, -0.25) is 0 Å². The minimum atomic E-state index is -3.79. The zero-order chi connectivity index (χ0) is 13.2. The lowest BCUT2D eigenvalue weighted by Crippen LogP contribution is -2.50. The molecule has 0 spiro atoms. The summed E-state index contributed by atoms with van der Waals surface area (Å²) >= 11 is 0. The van der Waals surface area contributed by atoms with Crippen molar-refractivity contribution < 1.29 is 12.8 Å². The van der Waals surface area contributed by atoms with Gasteiger partial charge >= 0.3 is 0 Å². The number of sulfonamides is 1.